The molecule has 1 aromatic heterocycles. The fourth-order valence-electron chi connectivity index (χ4n) is 3.28. The molecule has 4 rings (SSSR count). The zero-order valence-corrected chi connectivity index (χ0v) is 15.1. The van der Waals surface area contributed by atoms with Crippen LogP contribution in [0.1, 0.15) is 10.4 Å². The Morgan fingerprint density at radius 3 is 2.72 bits per heavy atom. The van der Waals surface area contributed by atoms with Crippen LogP contribution in [-0.2, 0) is 11.3 Å². The predicted molar refractivity (Wildman–Crippen MR) is 98.0 cm³/mol. The molecule has 1 amide bonds. The van der Waals surface area contributed by atoms with Gasteiger partial charge in [-0.05, 0) is 18.2 Å². The van der Waals surface area contributed by atoms with E-state index in [1.807, 2.05) is 39.5 Å². The molecule has 0 atom stereocenters. The molecule has 0 aliphatic carbocycles. The Morgan fingerprint density at radius 1 is 1.12 bits per heavy atom. The van der Waals surface area contributed by atoms with Gasteiger partial charge in [0.1, 0.15) is 5.52 Å². The van der Waals surface area contributed by atoms with Crippen LogP contribution in [0.3, 0.4) is 0 Å². The highest BCUT2D eigenvalue weighted by atomic mass is 32.2. The second-order valence-corrected chi connectivity index (χ2v) is 7.60. The number of carbonyl (C=O) groups excluding carboxylic acids is 1. The van der Waals surface area contributed by atoms with Gasteiger partial charge < -0.3 is 9.64 Å². The molecule has 0 unspecified atom stereocenters. The molecule has 134 valence electrons. The number of aromatic nitrogens is 3. The molecular formula is C17H23N5O2S. The molecule has 0 radical (unpaired) electrons. The van der Waals surface area contributed by atoms with E-state index < -0.39 is 0 Å². The first kappa shape index (κ1) is 16.8. The molecule has 2 aliphatic heterocycles. The highest BCUT2D eigenvalue weighted by Crippen LogP contribution is 2.17. The van der Waals surface area contributed by atoms with E-state index >= 15 is 0 Å². The van der Waals surface area contributed by atoms with Crippen molar-refractivity contribution in [3.05, 3.63) is 23.8 Å². The van der Waals surface area contributed by atoms with Crippen molar-refractivity contribution in [1.29, 1.82) is 0 Å². The average molecular weight is 361 g/mol. The van der Waals surface area contributed by atoms with Crippen LogP contribution < -0.4 is 0 Å². The predicted octanol–water partition coefficient (Wildman–Crippen LogP) is 0.952. The SMILES string of the molecule is O=C(c1ccc2c(c1)nnn2CCN1CCOCC1)N1CCSCC1. The number of benzene rings is 1. The molecule has 0 N–H and O–H groups in total. The molecule has 7 nitrogen and oxygen atoms in total. The third-order valence-corrected chi connectivity index (χ3v) is 5.73. The molecule has 2 aliphatic rings. The van der Waals surface area contributed by atoms with E-state index in [-0.39, 0.29) is 5.91 Å². The quantitative estimate of drug-likeness (QED) is 0.808. The highest BCUT2D eigenvalue weighted by molar-refractivity contribution is 7.99. The number of hydrogen-bond acceptors (Lipinski definition) is 6. The summed E-state index contributed by atoms with van der Waals surface area (Å²) >= 11 is 1.90. The summed E-state index contributed by atoms with van der Waals surface area (Å²) in [4.78, 5) is 16.9. The Bertz CT molecular complexity index is 738. The number of rotatable bonds is 4. The van der Waals surface area contributed by atoms with E-state index in [0.717, 1.165) is 75.0 Å². The number of amides is 1. The molecule has 2 fully saturated rings. The molecule has 3 heterocycles. The van der Waals surface area contributed by atoms with Gasteiger partial charge >= 0.3 is 0 Å². The molecule has 8 heteroatoms. The van der Waals surface area contributed by atoms with Crippen molar-refractivity contribution in [3.63, 3.8) is 0 Å². The number of carbonyl (C=O) groups is 1. The van der Waals surface area contributed by atoms with Crippen molar-refractivity contribution in [3.8, 4) is 0 Å². The van der Waals surface area contributed by atoms with Crippen molar-refractivity contribution in [2.24, 2.45) is 0 Å². The Hall–Kier alpha value is -1.64. The Kier molecular flexibility index (Phi) is 5.19. The summed E-state index contributed by atoms with van der Waals surface area (Å²) in [6, 6.07) is 5.75. The Labute approximate surface area is 151 Å². The zero-order valence-electron chi connectivity index (χ0n) is 14.3. The van der Waals surface area contributed by atoms with Gasteiger partial charge in [0.15, 0.2) is 0 Å². The van der Waals surface area contributed by atoms with Crippen LogP contribution in [-0.4, -0.2) is 88.1 Å². The number of thioether (sulfide) groups is 1. The lowest BCUT2D eigenvalue weighted by Crippen LogP contribution is -2.38. The lowest BCUT2D eigenvalue weighted by atomic mass is 10.1. The fraction of sp³-hybridized carbons (Fsp3) is 0.588. The van der Waals surface area contributed by atoms with E-state index in [1.54, 1.807) is 0 Å². The Balaban J connectivity index is 1.45. The van der Waals surface area contributed by atoms with Gasteiger partial charge in [0.25, 0.3) is 5.91 Å². The van der Waals surface area contributed by atoms with E-state index in [9.17, 15) is 4.79 Å². The van der Waals surface area contributed by atoms with Crippen LogP contribution in [0.15, 0.2) is 18.2 Å². The smallest absolute Gasteiger partial charge is 0.253 e. The number of hydrogen-bond donors (Lipinski definition) is 0. The maximum Gasteiger partial charge on any atom is 0.253 e. The van der Waals surface area contributed by atoms with Crippen molar-refractivity contribution in [2.45, 2.75) is 6.54 Å². The minimum absolute atomic E-state index is 0.102. The van der Waals surface area contributed by atoms with Crippen LogP contribution in [0, 0.1) is 0 Å². The minimum Gasteiger partial charge on any atom is -0.379 e. The van der Waals surface area contributed by atoms with E-state index in [4.69, 9.17) is 4.74 Å². The maximum absolute atomic E-state index is 12.6. The summed E-state index contributed by atoms with van der Waals surface area (Å²) in [6.45, 7) is 6.94. The molecule has 0 spiro atoms. The van der Waals surface area contributed by atoms with Gasteiger partial charge in [-0.25, -0.2) is 4.68 Å². The van der Waals surface area contributed by atoms with Gasteiger partial charge in [0, 0.05) is 49.8 Å². The van der Waals surface area contributed by atoms with Crippen LogP contribution in [0.4, 0.5) is 0 Å². The fourth-order valence-corrected chi connectivity index (χ4v) is 4.18. The maximum atomic E-state index is 12.6. The van der Waals surface area contributed by atoms with Crippen molar-refractivity contribution >= 4 is 28.7 Å². The Morgan fingerprint density at radius 2 is 1.92 bits per heavy atom. The van der Waals surface area contributed by atoms with Gasteiger partial charge in [-0.2, -0.15) is 11.8 Å². The lowest BCUT2D eigenvalue weighted by Gasteiger charge is -2.26. The van der Waals surface area contributed by atoms with Crippen LogP contribution in [0.5, 0.6) is 0 Å². The van der Waals surface area contributed by atoms with Gasteiger partial charge in [0.2, 0.25) is 0 Å². The van der Waals surface area contributed by atoms with Gasteiger partial charge in [-0.1, -0.05) is 5.21 Å². The normalized spacial score (nSPS) is 19.4. The largest absolute Gasteiger partial charge is 0.379 e. The number of fused-ring (bicyclic) bond motifs is 1. The lowest BCUT2D eigenvalue weighted by molar-refractivity contribution is 0.0360. The highest BCUT2D eigenvalue weighted by Gasteiger charge is 2.19. The van der Waals surface area contributed by atoms with E-state index in [1.165, 1.54) is 0 Å². The van der Waals surface area contributed by atoms with Gasteiger partial charge in [0.05, 0.1) is 25.3 Å². The molecular weight excluding hydrogens is 338 g/mol. The second-order valence-electron chi connectivity index (χ2n) is 6.37. The molecule has 25 heavy (non-hydrogen) atoms. The number of nitrogens with zero attached hydrogens (tertiary/aromatic N) is 5. The van der Waals surface area contributed by atoms with Gasteiger partial charge in [-0.3, -0.25) is 9.69 Å². The molecule has 2 saturated heterocycles. The van der Waals surface area contributed by atoms with Crippen molar-refractivity contribution < 1.29 is 9.53 Å². The van der Waals surface area contributed by atoms with Crippen molar-refractivity contribution in [1.82, 2.24) is 24.8 Å². The monoisotopic (exact) mass is 361 g/mol. The van der Waals surface area contributed by atoms with E-state index in [0.29, 0.717) is 5.56 Å². The second kappa shape index (κ2) is 7.72. The number of morpholine rings is 1. The molecule has 0 bridgehead atoms. The van der Waals surface area contributed by atoms with Gasteiger partial charge in [-0.15, -0.1) is 5.10 Å². The minimum atomic E-state index is 0.102. The zero-order chi connectivity index (χ0) is 17.1. The molecule has 1 aromatic carbocycles. The topological polar surface area (TPSA) is 63.5 Å². The summed E-state index contributed by atoms with van der Waals surface area (Å²) < 4.78 is 7.31. The van der Waals surface area contributed by atoms with E-state index in [2.05, 4.69) is 15.2 Å². The third-order valence-electron chi connectivity index (χ3n) is 4.79. The van der Waals surface area contributed by atoms with Crippen molar-refractivity contribution in [2.75, 3.05) is 57.4 Å². The third kappa shape index (κ3) is 3.80. The summed E-state index contributed by atoms with van der Waals surface area (Å²) in [6.07, 6.45) is 0. The van der Waals surface area contributed by atoms with Crippen LogP contribution in [0.2, 0.25) is 0 Å². The summed E-state index contributed by atoms with van der Waals surface area (Å²) in [5.41, 5.74) is 2.48. The van der Waals surface area contributed by atoms with Crippen LogP contribution >= 0.6 is 11.8 Å². The first-order valence-electron chi connectivity index (χ1n) is 8.82. The van der Waals surface area contributed by atoms with Crippen LogP contribution in [0.25, 0.3) is 11.0 Å². The summed E-state index contributed by atoms with van der Waals surface area (Å²) in [5.74, 6) is 2.14. The standard InChI is InChI=1S/C17H23N5O2S/c23-17(21-7-11-25-12-8-21)14-1-2-16-15(13-14)18-19-22(16)4-3-20-5-9-24-10-6-20/h1-2,13H,3-12H2. The summed E-state index contributed by atoms with van der Waals surface area (Å²) in [5, 5.41) is 8.54. The average Bonchev–Trinajstić information content (AvgIpc) is 3.09. The molecule has 0 saturated carbocycles. The first-order valence-corrected chi connectivity index (χ1v) is 9.97. The number of ether oxygens (including phenoxy) is 1. The molecule has 2 aromatic rings. The first-order chi connectivity index (χ1) is 12.3. The summed E-state index contributed by atoms with van der Waals surface area (Å²) in [7, 11) is 0.